The molecule has 8 heteroatoms. The first-order valence-electron chi connectivity index (χ1n) is 9.23. The molecule has 0 atom stereocenters. The van der Waals surface area contributed by atoms with Gasteiger partial charge in [-0.1, -0.05) is 22.0 Å². The zero-order valence-corrected chi connectivity index (χ0v) is 17.9. The van der Waals surface area contributed by atoms with Crippen LogP contribution < -0.4 is 16.0 Å². The van der Waals surface area contributed by atoms with E-state index in [9.17, 15) is 4.79 Å². The average Bonchev–Trinajstić information content (AvgIpc) is 2.68. The number of nitrogens with one attached hydrogen (secondary N) is 3. The van der Waals surface area contributed by atoms with Crippen LogP contribution in [-0.2, 0) is 4.74 Å². The first kappa shape index (κ1) is 21.7. The number of ether oxygens (including phenoxy) is 1. The van der Waals surface area contributed by atoms with Gasteiger partial charge in [0, 0.05) is 55.3 Å². The summed E-state index contributed by atoms with van der Waals surface area (Å²) in [5.41, 5.74) is 0.648. The minimum absolute atomic E-state index is 0.0102. The van der Waals surface area contributed by atoms with E-state index in [1.807, 2.05) is 12.1 Å². The molecule has 1 saturated heterocycles. The van der Waals surface area contributed by atoms with E-state index in [0.717, 1.165) is 43.3 Å². The average molecular weight is 440 g/mol. The molecule has 150 valence electrons. The second-order valence-corrected chi connectivity index (χ2v) is 7.95. The van der Waals surface area contributed by atoms with Gasteiger partial charge in [0.05, 0.1) is 13.2 Å². The molecule has 1 aromatic carbocycles. The van der Waals surface area contributed by atoms with E-state index in [-0.39, 0.29) is 11.4 Å². The number of rotatable bonds is 7. The van der Waals surface area contributed by atoms with Crippen LogP contribution in [0.1, 0.15) is 24.2 Å². The lowest BCUT2D eigenvalue weighted by Gasteiger charge is -2.41. The zero-order valence-electron chi connectivity index (χ0n) is 16.3. The Morgan fingerprint density at radius 1 is 1.22 bits per heavy atom. The highest BCUT2D eigenvalue weighted by molar-refractivity contribution is 9.10. The van der Waals surface area contributed by atoms with E-state index in [1.54, 1.807) is 19.2 Å². The summed E-state index contributed by atoms with van der Waals surface area (Å²) in [4.78, 5) is 18.8. The zero-order chi connectivity index (χ0) is 19.7. The van der Waals surface area contributed by atoms with Crippen molar-refractivity contribution in [3.63, 3.8) is 0 Å². The Labute approximate surface area is 170 Å². The van der Waals surface area contributed by atoms with Gasteiger partial charge in [0.25, 0.3) is 5.91 Å². The predicted molar refractivity (Wildman–Crippen MR) is 112 cm³/mol. The first-order valence-corrected chi connectivity index (χ1v) is 10.0. The van der Waals surface area contributed by atoms with Gasteiger partial charge < -0.3 is 20.7 Å². The highest BCUT2D eigenvalue weighted by Gasteiger charge is 2.28. The van der Waals surface area contributed by atoms with Crippen molar-refractivity contribution >= 4 is 27.8 Å². The maximum Gasteiger partial charge on any atom is 0.251 e. The van der Waals surface area contributed by atoms with Gasteiger partial charge in [-0.15, -0.1) is 0 Å². The van der Waals surface area contributed by atoms with Crippen LogP contribution in [0.4, 0.5) is 0 Å². The van der Waals surface area contributed by atoms with Gasteiger partial charge in [-0.2, -0.15) is 0 Å². The van der Waals surface area contributed by atoms with E-state index in [4.69, 9.17) is 4.74 Å². The number of hydrogen-bond acceptors (Lipinski definition) is 4. The quantitative estimate of drug-likeness (QED) is 0.340. The van der Waals surface area contributed by atoms with Gasteiger partial charge in [-0.05, 0) is 32.0 Å². The number of guanidine groups is 1. The summed E-state index contributed by atoms with van der Waals surface area (Å²) in [6.07, 6.45) is 0. The van der Waals surface area contributed by atoms with Crippen molar-refractivity contribution in [2.24, 2.45) is 4.99 Å². The number of morpholine rings is 1. The molecule has 27 heavy (non-hydrogen) atoms. The Hall–Kier alpha value is -1.64. The van der Waals surface area contributed by atoms with Crippen LogP contribution in [0.5, 0.6) is 0 Å². The van der Waals surface area contributed by atoms with Gasteiger partial charge in [0.15, 0.2) is 5.96 Å². The molecule has 0 bridgehead atoms. The Balaban J connectivity index is 1.70. The highest BCUT2D eigenvalue weighted by Crippen LogP contribution is 2.15. The smallest absolute Gasteiger partial charge is 0.251 e. The second kappa shape index (κ2) is 10.6. The Morgan fingerprint density at radius 2 is 1.93 bits per heavy atom. The molecule has 1 heterocycles. The van der Waals surface area contributed by atoms with Gasteiger partial charge in [0.2, 0.25) is 0 Å². The first-order chi connectivity index (χ1) is 12.9. The normalized spacial score (nSPS) is 16.1. The van der Waals surface area contributed by atoms with Gasteiger partial charge >= 0.3 is 0 Å². The number of amides is 1. The summed E-state index contributed by atoms with van der Waals surface area (Å²) in [6, 6.07) is 7.34. The Bertz CT molecular complexity index is 645. The number of carbonyl (C=O) groups is 1. The maximum atomic E-state index is 12.1. The SMILES string of the molecule is CN=C(NCCNC(=O)c1cccc(Br)c1)NCC(C)(C)N1CCOCC1. The number of benzene rings is 1. The van der Waals surface area contributed by atoms with Gasteiger partial charge in [-0.3, -0.25) is 14.7 Å². The number of hydrogen-bond donors (Lipinski definition) is 3. The summed E-state index contributed by atoms with van der Waals surface area (Å²) in [5, 5.41) is 9.51. The molecule has 0 saturated carbocycles. The van der Waals surface area contributed by atoms with Gasteiger partial charge in [0.1, 0.15) is 0 Å². The Kier molecular flexibility index (Phi) is 8.53. The van der Waals surface area contributed by atoms with Crippen LogP contribution in [0.25, 0.3) is 0 Å². The minimum Gasteiger partial charge on any atom is -0.379 e. The summed E-state index contributed by atoms with van der Waals surface area (Å²) in [7, 11) is 1.75. The maximum absolute atomic E-state index is 12.1. The molecule has 3 N–H and O–H groups in total. The molecule has 0 radical (unpaired) electrons. The summed E-state index contributed by atoms with van der Waals surface area (Å²) >= 11 is 3.38. The molecular formula is C19H30BrN5O2. The summed E-state index contributed by atoms with van der Waals surface area (Å²) < 4.78 is 6.32. The molecule has 1 aliphatic rings. The third-order valence-electron chi connectivity index (χ3n) is 4.57. The van der Waals surface area contributed by atoms with Crippen molar-refractivity contribution in [3.8, 4) is 0 Å². The molecule has 0 aromatic heterocycles. The fourth-order valence-electron chi connectivity index (χ4n) is 2.89. The third kappa shape index (κ3) is 7.12. The molecule has 1 fully saturated rings. The highest BCUT2D eigenvalue weighted by atomic mass is 79.9. The lowest BCUT2D eigenvalue weighted by Crippen LogP contribution is -2.56. The topological polar surface area (TPSA) is 78.0 Å². The van der Waals surface area contributed by atoms with Crippen molar-refractivity contribution in [2.45, 2.75) is 19.4 Å². The third-order valence-corrected chi connectivity index (χ3v) is 5.06. The van der Waals surface area contributed by atoms with E-state index in [1.165, 1.54) is 0 Å². The number of carbonyl (C=O) groups excluding carboxylic acids is 1. The van der Waals surface area contributed by atoms with Crippen LogP contribution in [0.15, 0.2) is 33.7 Å². The molecule has 1 amide bonds. The lowest BCUT2D eigenvalue weighted by atomic mass is 10.0. The van der Waals surface area contributed by atoms with E-state index < -0.39 is 0 Å². The second-order valence-electron chi connectivity index (χ2n) is 7.03. The van der Waals surface area contributed by atoms with Crippen molar-refractivity contribution in [2.75, 3.05) is 53.0 Å². The van der Waals surface area contributed by atoms with Crippen molar-refractivity contribution < 1.29 is 9.53 Å². The van der Waals surface area contributed by atoms with Crippen molar-refractivity contribution in [3.05, 3.63) is 34.3 Å². The largest absolute Gasteiger partial charge is 0.379 e. The molecule has 0 spiro atoms. The van der Waals surface area contributed by atoms with Crippen molar-refractivity contribution in [1.29, 1.82) is 0 Å². The summed E-state index contributed by atoms with van der Waals surface area (Å²) in [5.74, 6) is 0.641. The Morgan fingerprint density at radius 3 is 2.59 bits per heavy atom. The van der Waals surface area contributed by atoms with E-state index >= 15 is 0 Å². The predicted octanol–water partition coefficient (Wildman–Crippen LogP) is 1.45. The molecular weight excluding hydrogens is 410 g/mol. The van der Waals surface area contributed by atoms with Crippen LogP contribution in [0.3, 0.4) is 0 Å². The summed E-state index contributed by atoms with van der Waals surface area (Å²) in [6.45, 7) is 9.79. The van der Waals surface area contributed by atoms with E-state index in [2.05, 4.69) is 55.6 Å². The molecule has 1 aliphatic heterocycles. The fraction of sp³-hybridized carbons (Fsp3) is 0.579. The lowest BCUT2D eigenvalue weighted by molar-refractivity contribution is -0.00833. The monoisotopic (exact) mass is 439 g/mol. The standard InChI is InChI=1S/C19H30BrN5O2/c1-19(2,25-9-11-27-12-10-25)14-24-18(21-3)23-8-7-22-17(26)15-5-4-6-16(20)13-15/h4-6,13H,7-12,14H2,1-3H3,(H,22,26)(H2,21,23,24). The van der Waals surface area contributed by atoms with Crippen molar-refractivity contribution in [1.82, 2.24) is 20.9 Å². The van der Waals surface area contributed by atoms with E-state index in [0.29, 0.717) is 18.7 Å². The molecule has 0 unspecified atom stereocenters. The fourth-order valence-corrected chi connectivity index (χ4v) is 3.29. The van der Waals surface area contributed by atoms with Crippen LogP contribution in [-0.4, -0.2) is 75.3 Å². The molecule has 1 aromatic rings. The van der Waals surface area contributed by atoms with Gasteiger partial charge in [-0.25, -0.2) is 0 Å². The van der Waals surface area contributed by atoms with Crippen LogP contribution in [0.2, 0.25) is 0 Å². The van der Waals surface area contributed by atoms with Crippen LogP contribution in [0, 0.1) is 0 Å². The number of aliphatic imine (C=N–C) groups is 1. The minimum atomic E-state index is -0.0884. The van der Waals surface area contributed by atoms with Crippen LogP contribution >= 0.6 is 15.9 Å². The molecule has 7 nitrogen and oxygen atoms in total. The number of halogens is 1. The molecule has 0 aliphatic carbocycles. The molecule has 2 rings (SSSR count). The number of nitrogens with zero attached hydrogens (tertiary/aromatic N) is 2.